The molecule has 0 amide bonds. The van der Waals surface area contributed by atoms with Crippen LogP contribution in [0, 0.1) is 0 Å². The molecule has 10 nitrogen and oxygen atoms in total. The van der Waals surface area contributed by atoms with Gasteiger partial charge in [-0.1, -0.05) is 206 Å². The van der Waals surface area contributed by atoms with Gasteiger partial charge in [-0.05, 0) is 38.5 Å². The number of aliphatic hydroxyl groups excluding tert-OH is 2. The predicted octanol–water partition coefficient (Wildman–Crippen LogP) is 13.6. The summed E-state index contributed by atoms with van der Waals surface area (Å²) in [5.41, 5.74) is 0. The van der Waals surface area contributed by atoms with Crippen LogP contribution in [0.5, 0.6) is 0 Å². The number of phosphoric ester groups is 1. The zero-order valence-corrected chi connectivity index (χ0v) is 39.1. The van der Waals surface area contributed by atoms with Crippen LogP contribution in [0.25, 0.3) is 0 Å². The Hall–Kier alpha value is -1.29. The summed E-state index contributed by atoms with van der Waals surface area (Å²) in [4.78, 5) is 35.1. The molecule has 0 bridgehead atoms. The molecule has 3 N–H and O–H groups in total. The van der Waals surface area contributed by atoms with Gasteiger partial charge in [0, 0.05) is 12.8 Å². The van der Waals surface area contributed by atoms with E-state index in [4.69, 9.17) is 23.6 Å². The van der Waals surface area contributed by atoms with Crippen molar-refractivity contribution in [3.8, 4) is 0 Å². The Morgan fingerprint density at radius 3 is 1.24 bits per heavy atom. The highest BCUT2D eigenvalue weighted by Gasteiger charge is 2.27. The number of aliphatic hydroxyl groups is 2. The number of unbranched alkanes of at least 4 members (excludes halogenated alkanes) is 31. The first kappa shape index (κ1) is 57.7. The van der Waals surface area contributed by atoms with E-state index in [1.54, 1.807) is 0 Å². The molecule has 0 aliphatic rings. The molecule has 1 unspecified atom stereocenters. The Kier molecular flexibility index (Phi) is 43.8. The number of allylic oxidation sites excluding steroid dienone is 2. The molecule has 0 rings (SSSR count). The van der Waals surface area contributed by atoms with Gasteiger partial charge in [0.05, 0.1) is 19.8 Å². The molecule has 0 aliphatic carbocycles. The van der Waals surface area contributed by atoms with Crippen molar-refractivity contribution in [2.24, 2.45) is 0 Å². The molecule has 350 valence electrons. The maximum Gasteiger partial charge on any atom is 0.472 e. The Balaban J connectivity index is 4.16. The topological polar surface area (TPSA) is 149 Å². The number of phosphoric acid groups is 1. The Labute approximate surface area is 362 Å². The first-order chi connectivity index (χ1) is 28.7. The van der Waals surface area contributed by atoms with Crippen molar-refractivity contribution in [3.63, 3.8) is 0 Å². The van der Waals surface area contributed by atoms with E-state index in [2.05, 4.69) is 26.0 Å². The van der Waals surface area contributed by atoms with E-state index in [9.17, 15) is 24.2 Å². The molecule has 0 aromatic carbocycles. The lowest BCUT2D eigenvalue weighted by molar-refractivity contribution is -0.161. The van der Waals surface area contributed by atoms with Crippen LogP contribution in [0.4, 0.5) is 0 Å². The quantitative estimate of drug-likeness (QED) is 0.0234. The third-order valence-corrected chi connectivity index (χ3v) is 11.9. The van der Waals surface area contributed by atoms with Crippen molar-refractivity contribution < 1.29 is 47.8 Å². The molecule has 0 heterocycles. The summed E-state index contributed by atoms with van der Waals surface area (Å²) >= 11 is 0. The third kappa shape index (κ3) is 44.6. The molecule has 0 saturated carbocycles. The average molecular weight is 861 g/mol. The summed E-state index contributed by atoms with van der Waals surface area (Å²) in [6.45, 7) is 2.41. The Bertz CT molecular complexity index is 993. The summed E-state index contributed by atoms with van der Waals surface area (Å²) in [6, 6.07) is 0. The number of hydrogen-bond acceptors (Lipinski definition) is 9. The second-order valence-corrected chi connectivity index (χ2v) is 18.3. The largest absolute Gasteiger partial charge is 0.472 e. The van der Waals surface area contributed by atoms with Crippen LogP contribution in [0.3, 0.4) is 0 Å². The fourth-order valence-electron chi connectivity index (χ4n) is 7.11. The van der Waals surface area contributed by atoms with Gasteiger partial charge in [0.15, 0.2) is 6.10 Å². The standard InChI is InChI=1S/C48H93O10P/c1-3-5-7-9-11-13-15-17-19-20-21-22-23-24-26-27-29-31-33-35-37-39-47(51)55-43-46(44-57-59(53,54)56-42-45(50)41-49)58-48(52)40-38-36-34-32-30-28-25-18-16-14-12-10-8-6-4-2/h28,30,45-46,49-50H,3-27,29,31-44H2,1-2H3,(H,53,54)/b30-28+/t45-,46+/m1/s1. The fourth-order valence-corrected chi connectivity index (χ4v) is 7.90. The van der Waals surface area contributed by atoms with Crippen molar-refractivity contribution in [3.05, 3.63) is 12.2 Å². The fraction of sp³-hybridized carbons (Fsp3) is 0.917. The van der Waals surface area contributed by atoms with Crippen molar-refractivity contribution in [1.82, 2.24) is 0 Å². The summed E-state index contributed by atoms with van der Waals surface area (Å²) in [5.74, 6) is -0.928. The summed E-state index contributed by atoms with van der Waals surface area (Å²) in [6.07, 6.45) is 44.7. The van der Waals surface area contributed by atoms with E-state index in [0.29, 0.717) is 12.8 Å². The highest BCUT2D eigenvalue weighted by molar-refractivity contribution is 7.47. The van der Waals surface area contributed by atoms with Crippen molar-refractivity contribution in [1.29, 1.82) is 0 Å². The van der Waals surface area contributed by atoms with Crippen molar-refractivity contribution in [2.45, 2.75) is 257 Å². The van der Waals surface area contributed by atoms with Crippen molar-refractivity contribution >= 4 is 19.8 Å². The summed E-state index contributed by atoms with van der Waals surface area (Å²) < 4.78 is 32.8. The number of esters is 2. The molecule has 3 atom stereocenters. The minimum atomic E-state index is -4.62. The van der Waals surface area contributed by atoms with Gasteiger partial charge >= 0.3 is 19.8 Å². The van der Waals surface area contributed by atoms with Gasteiger partial charge in [-0.25, -0.2) is 4.57 Å². The molecule has 0 aliphatic heterocycles. The number of rotatable bonds is 47. The number of carbonyl (C=O) groups is 2. The van der Waals surface area contributed by atoms with Crippen LogP contribution in [-0.4, -0.2) is 65.7 Å². The van der Waals surface area contributed by atoms with Gasteiger partial charge in [0.2, 0.25) is 0 Å². The lowest BCUT2D eigenvalue weighted by Gasteiger charge is -2.20. The number of carbonyl (C=O) groups excluding carboxylic acids is 2. The zero-order chi connectivity index (χ0) is 43.3. The zero-order valence-electron chi connectivity index (χ0n) is 38.2. The third-order valence-electron chi connectivity index (χ3n) is 10.9. The van der Waals surface area contributed by atoms with Crippen LogP contribution in [0.2, 0.25) is 0 Å². The van der Waals surface area contributed by atoms with Gasteiger partial charge in [-0.2, -0.15) is 0 Å². The van der Waals surface area contributed by atoms with E-state index in [-0.39, 0.29) is 19.4 Å². The van der Waals surface area contributed by atoms with Crippen LogP contribution < -0.4 is 0 Å². The molecule has 0 radical (unpaired) electrons. The molecular weight excluding hydrogens is 767 g/mol. The van der Waals surface area contributed by atoms with Gasteiger partial charge in [-0.15, -0.1) is 0 Å². The first-order valence-electron chi connectivity index (χ1n) is 24.6. The highest BCUT2D eigenvalue weighted by Crippen LogP contribution is 2.43. The monoisotopic (exact) mass is 861 g/mol. The molecule has 0 spiro atoms. The smallest absolute Gasteiger partial charge is 0.462 e. The van der Waals surface area contributed by atoms with Gasteiger partial charge in [0.1, 0.15) is 12.7 Å². The minimum absolute atomic E-state index is 0.168. The van der Waals surface area contributed by atoms with Crippen LogP contribution in [0.1, 0.15) is 245 Å². The van der Waals surface area contributed by atoms with E-state index in [1.807, 2.05) is 0 Å². The van der Waals surface area contributed by atoms with Gasteiger partial charge in [-0.3, -0.25) is 18.6 Å². The SMILES string of the molecule is CCCCCCCCCC/C=C/CCCCCC(=O)O[C@@H](COC(=O)CCCCCCCCCCCCCCCCCCCCCCC)COP(=O)(O)OC[C@H](O)CO. The normalized spacial score (nSPS) is 13.8. The van der Waals surface area contributed by atoms with Crippen molar-refractivity contribution in [2.75, 3.05) is 26.4 Å². The molecule has 0 aromatic heterocycles. The van der Waals surface area contributed by atoms with Crippen LogP contribution >= 0.6 is 7.82 Å². The van der Waals surface area contributed by atoms with Gasteiger partial charge in [0.25, 0.3) is 0 Å². The summed E-state index contributed by atoms with van der Waals surface area (Å²) in [7, 11) is -4.62. The maximum absolute atomic E-state index is 12.6. The lowest BCUT2D eigenvalue weighted by Crippen LogP contribution is -2.29. The second kappa shape index (κ2) is 44.8. The molecule has 59 heavy (non-hydrogen) atoms. The number of hydrogen-bond donors (Lipinski definition) is 3. The van der Waals surface area contributed by atoms with E-state index < -0.39 is 51.8 Å². The highest BCUT2D eigenvalue weighted by atomic mass is 31.2. The molecular formula is C48H93O10P. The van der Waals surface area contributed by atoms with Crippen LogP contribution in [0.15, 0.2) is 12.2 Å². The molecule has 11 heteroatoms. The number of ether oxygens (including phenoxy) is 2. The Morgan fingerprint density at radius 2 is 0.831 bits per heavy atom. The lowest BCUT2D eigenvalue weighted by atomic mass is 10.0. The molecule has 0 saturated heterocycles. The molecule has 0 aromatic rings. The van der Waals surface area contributed by atoms with Gasteiger partial charge < -0.3 is 24.6 Å². The van der Waals surface area contributed by atoms with E-state index >= 15 is 0 Å². The predicted molar refractivity (Wildman–Crippen MR) is 242 cm³/mol. The first-order valence-corrected chi connectivity index (χ1v) is 26.1. The molecule has 0 fully saturated rings. The Morgan fingerprint density at radius 1 is 0.492 bits per heavy atom. The van der Waals surface area contributed by atoms with E-state index in [0.717, 1.165) is 44.9 Å². The second-order valence-electron chi connectivity index (χ2n) is 16.8. The minimum Gasteiger partial charge on any atom is -0.462 e. The van der Waals surface area contributed by atoms with E-state index in [1.165, 1.54) is 161 Å². The maximum atomic E-state index is 12.6. The van der Waals surface area contributed by atoms with Crippen LogP contribution in [-0.2, 0) is 32.7 Å². The average Bonchev–Trinajstić information content (AvgIpc) is 3.22. The summed E-state index contributed by atoms with van der Waals surface area (Å²) in [5, 5.41) is 18.4.